The summed E-state index contributed by atoms with van der Waals surface area (Å²) in [6.45, 7) is 0.592. The van der Waals surface area contributed by atoms with E-state index in [4.69, 9.17) is 10.4 Å². The van der Waals surface area contributed by atoms with Crippen LogP contribution < -0.4 is 4.90 Å². The summed E-state index contributed by atoms with van der Waals surface area (Å²) in [6.07, 6.45) is 0. The zero-order chi connectivity index (χ0) is 12.6. The standard InChI is InChI=1S/C11H8BrFN2O2/c12-9-6(3-14)1-2-8(10(9)13)15-4-7(5-15)11(16)17/h1-2,7H,4-5H2,(H,16,17). The monoisotopic (exact) mass is 298 g/mol. The van der Waals surface area contributed by atoms with Gasteiger partial charge in [-0.2, -0.15) is 5.26 Å². The number of anilines is 1. The number of nitriles is 1. The number of hydrogen-bond acceptors (Lipinski definition) is 3. The Hall–Kier alpha value is -1.61. The van der Waals surface area contributed by atoms with Crippen molar-refractivity contribution < 1.29 is 14.3 Å². The van der Waals surface area contributed by atoms with Gasteiger partial charge in [0, 0.05) is 13.1 Å². The highest BCUT2D eigenvalue weighted by Crippen LogP contribution is 2.32. The van der Waals surface area contributed by atoms with Crippen molar-refractivity contribution in [2.24, 2.45) is 5.92 Å². The number of nitrogens with zero attached hydrogens (tertiary/aromatic N) is 2. The Kier molecular flexibility index (Phi) is 3.03. The van der Waals surface area contributed by atoms with Gasteiger partial charge in [0.2, 0.25) is 0 Å². The molecule has 17 heavy (non-hydrogen) atoms. The van der Waals surface area contributed by atoms with Crippen molar-refractivity contribution in [3.05, 3.63) is 28.0 Å². The van der Waals surface area contributed by atoms with E-state index in [9.17, 15) is 9.18 Å². The average molecular weight is 299 g/mol. The lowest BCUT2D eigenvalue weighted by Crippen LogP contribution is -2.50. The third-order valence-electron chi connectivity index (χ3n) is 2.75. The first-order chi connectivity index (χ1) is 8.04. The SMILES string of the molecule is N#Cc1ccc(N2CC(C(=O)O)C2)c(F)c1Br. The number of carboxylic acid groups (broad SMARTS) is 1. The summed E-state index contributed by atoms with van der Waals surface area (Å²) in [5.41, 5.74) is 0.551. The van der Waals surface area contributed by atoms with Crippen molar-refractivity contribution in [1.29, 1.82) is 5.26 Å². The second-order valence-corrected chi connectivity index (χ2v) is 4.61. The summed E-state index contributed by atoms with van der Waals surface area (Å²) in [4.78, 5) is 12.3. The number of carbonyl (C=O) groups is 1. The van der Waals surface area contributed by atoms with Gasteiger partial charge in [-0.25, -0.2) is 4.39 Å². The van der Waals surface area contributed by atoms with Crippen LogP contribution in [0.15, 0.2) is 16.6 Å². The minimum Gasteiger partial charge on any atom is -0.481 e. The smallest absolute Gasteiger partial charge is 0.310 e. The van der Waals surface area contributed by atoms with Crippen molar-refractivity contribution in [1.82, 2.24) is 0 Å². The molecule has 0 amide bonds. The van der Waals surface area contributed by atoms with Crippen LogP contribution >= 0.6 is 15.9 Å². The van der Waals surface area contributed by atoms with Crippen molar-refractivity contribution in [3.8, 4) is 6.07 Å². The molecule has 0 unspecified atom stereocenters. The Balaban J connectivity index is 2.23. The number of carboxylic acids is 1. The molecule has 1 heterocycles. The topological polar surface area (TPSA) is 64.3 Å². The second kappa shape index (κ2) is 4.34. The fraction of sp³-hybridized carbons (Fsp3) is 0.273. The Morgan fingerprint density at radius 1 is 1.59 bits per heavy atom. The van der Waals surface area contributed by atoms with Gasteiger partial charge in [0.1, 0.15) is 6.07 Å². The van der Waals surface area contributed by atoms with Gasteiger partial charge in [-0.1, -0.05) is 0 Å². The van der Waals surface area contributed by atoms with Crippen LogP contribution in [0.1, 0.15) is 5.56 Å². The van der Waals surface area contributed by atoms with Gasteiger partial charge >= 0.3 is 5.97 Å². The number of benzene rings is 1. The highest BCUT2D eigenvalue weighted by atomic mass is 79.9. The number of aliphatic carboxylic acids is 1. The van der Waals surface area contributed by atoms with E-state index in [2.05, 4.69) is 15.9 Å². The molecule has 0 bridgehead atoms. The quantitative estimate of drug-likeness (QED) is 0.907. The zero-order valence-corrected chi connectivity index (χ0v) is 10.2. The maximum absolute atomic E-state index is 13.9. The second-order valence-electron chi connectivity index (χ2n) is 3.81. The van der Waals surface area contributed by atoms with E-state index in [0.717, 1.165) is 0 Å². The van der Waals surface area contributed by atoms with Crippen molar-refractivity contribution >= 4 is 27.6 Å². The highest BCUT2D eigenvalue weighted by Gasteiger charge is 2.34. The van der Waals surface area contributed by atoms with Crippen LogP contribution in [0.5, 0.6) is 0 Å². The van der Waals surface area contributed by atoms with E-state index in [0.29, 0.717) is 18.8 Å². The van der Waals surface area contributed by atoms with E-state index in [1.54, 1.807) is 4.90 Å². The van der Waals surface area contributed by atoms with Gasteiger partial charge in [-0.3, -0.25) is 4.79 Å². The molecular formula is C11H8BrFN2O2. The van der Waals surface area contributed by atoms with E-state index < -0.39 is 17.7 Å². The van der Waals surface area contributed by atoms with Crippen molar-refractivity contribution in [2.75, 3.05) is 18.0 Å². The first-order valence-corrected chi connectivity index (χ1v) is 5.69. The molecule has 0 aliphatic carbocycles. The molecule has 0 atom stereocenters. The van der Waals surface area contributed by atoms with Crippen molar-refractivity contribution in [2.45, 2.75) is 0 Å². The van der Waals surface area contributed by atoms with Gasteiger partial charge in [-0.15, -0.1) is 0 Å². The van der Waals surface area contributed by atoms with Crippen LogP contribution in [0.2, 0.25) is 0 Å². The summed E-state index contributed by atoms with van der Waals surface area (Å²) in [5, 5.41) is 17.5. The minimum absolute atomic E-state index is 0.122. The molecule has 1 saturated heterocycles. The number of rotatable bonds is 2. The van der Waals surface area contributed by atoms with Gasteiger partial charge in [0.15, 0.2) is 5.82 Å². The zero-order valence-electron chi connectivity index (χ0n) is 8.65. The molecule has 0 radical (unpaired) electrons. The Morgan fingerprint density at radius 2 is 2.24 bits per heavy atom. The first kappa shape index (κ1) is 11.9. The maximum atomic E-state index is 13.9. The van der Waals surface area contributed by atoms with E-state index >= 15 is 0 Å². The Morgan fingerprint density at radius 3 is 2.76 bits per heavy atom. The van der Waals surface area contributed by atoms with E-state index in [-0.39, 0.29) is 10.0 Å². The Labute approximate surface area is 105 Å². The fourth-order valence-corrected chi connectivity index (χ4v) is 2.13. The average Bonchev–Trinajstić information content (AvgIpc) is 2.22. The predicted molar refractivity (Wildman–Crippen MR) is 62.2 cm³/mol. The summed E-state index contributed by atoms with van der Waals surface area (Å²) >= 11 is 3.02. The molecule has 0 saturated carbocycles. The molecule has 6 heteroatoms. The fourth-order valence-electron chi connectivity index (χ4n) is 1.70. The molecule has 1 aliphatic rings. The normalized spacial score (nSPS) is 15.2. The third kappa shape index (κ3) is 1.98. The molecule has 4 nitrogen and oxygen atoms in total. The van der Waals surface area contributed by atoms with Crippen LogP contribution in [0, 0.1) is 23.1 Å². The van der Waals surface area contributed by atoms with Gasteiger partial charge in [-0.05, 0) is 28.1 Å². The largest absolute Gasteiger partial charge is 0.481 e. The Bertz CT molecular complexity index is 521. The number of hydrogen-bond donors (Lipinski definition) is 1. The van der Waals surface area contributed by atoms with Crippen LogP contribution in [-0.4, -0.2) is 24.2 Å². The van der Waals surface area contributed by atoms with Crippen molar-refractivity contribution in [3.63, 3.8) is 0 Å². The molecule has 1 N–H and O–H groups in total. The van der Waals surface area contributed by atoms with Gasteiger partial charge in [0.25, 0.3) is 0 Å². The molecule has 1 aromatic rings. The lowest BCUT2D eigenvalue weighted by atomic mass is 9.99. The van der Waals surface area contributed by atoms with Crippen LogP contribution in [0.3, 0.4) is 0 Å². The van der Waals surface area contributed by atoms with Gasteiger partial charge < -0.3 is 10.0 Å². The molecule has 88 valence electrons. The third-order valence-corrected chi connectivity index (χ3v) is 3.53. The molecule has 0 spiro atoms. The molecule has 2 rings (SSSR count). The summed E-state index contributed by atoms with van der Waals surface area (Å²) < 4.78 is 14.0. The lowest BCUT2D eigenvalue weighted by Gasteiger charge is -2.38. The molecular weight excluding hydrogens is 291 g/mol. The van der Waals surface area contributed by atoms with E-state index in [1.807, 2.05) is 6.07 Å². The first-order valence-electron chi connectivity index (χ1n) is 4.90. The summed E-state index contributed by atoms with van der Waals surface area (Å²) in [6, 6.07) is 4.87. The van der Waals surface area contributed by atoms with Crippen LogP contribution in [0.25, 0.3) is 0 Å². The molecule has 1 aliphatic heterocycles. The summed E-state index contributed by atoms with van der Waals surface area (Å²) in [7, 11) is 0. The highest BCUT2D eigenvalue weighted by molar-refractivity contribution is 9.10. The predicted octanol–water partition coefficient (Wildman–Crippen LogP) is 1.98. The van der Waals surface area contributed by atoms with E-state index in [1.165, 1.54) is 12.1 Å². The number of halogens is 2. The molecule has 1 fully saturated rings. The lowest BCUT2D eigenvalue weighted by molar-refractivity contribution is -0.142. The maximum Gasteiger partial charge on any atom is 0.310 e. The van der Waals surface area contributed by atoms with Crippen LogP contribution in [0.4, 0.5) is 10.1 Å². The minimum atomic E-state index is -0.866. The molecule has 1 aromatic carbocycles. The summed E-state index contributed by atoms with van der Waals surface area (Å²) in [5.74, 6) is -1.83. The van der Waals surface area contributed by atoms with Gasteiger partial charge in [0.05, 0.1) is 21.6 Å². The van der Waals surface area contributed by atoms with Crippen LogP contribution in [-0.2, 0) is 4.79 Å². The molecule has 0 aromatic heterocycles.